The number of nitrogens with one attached hydrogen (secondary N) is 2. The van der Waals surface area contributed by atoms with Crippen LogP contribution in [0.1, 0.15) is 18.1 Å². The molecule has 0 spiro atoms. The van der Waals surface area contributed by atoms with Gasteiger partial charge < -0.3 is 16.4 Å². The Kier molecular flexibility index (Phi) is 8.16. The molecule has 4 N–H and O–H groups in total. The molecule has 6 nitrogen and oxygen atoms in total. The third-order valence-corrected chi connectivity index (χ3v) is 5.12. The summed E-state index contributed by atoms with van der Waals surface area (Å²) < 4.78 is 14.2. The first-order chi connectivity index (χ1) is 13.7. The lowest BCUT2D eigenvalue weighted by atomic mass is 10.0. The van der Waals surface area contributed by atoms with Crippen molar-refractivity contribution in [3.8, 4) is 0 Å². The average molecular weight is 485 g/mol. The highest BCUT2D eigenvalue weighted by Crippen LogP contribution is 2.22. The number of hydrogen-bond acceptors (Lipinski definition) is 3. The van der Waals surface area contributed by atoms with Gasteiger partial charge in [0.15, 0.2) is 0 Å². The Balaban J connectivity index is 2.18. The van der Waals surface area contributed by atoms with E-state index in [2.05, 4.69) is 26.6 Å². The van der Waals surface area contributed by atoms with E-state index in [1.165, 1.54) is 25.1 Å². The van der Waals surface area contributed by atoms with Gasteiger partial charge in [0, 0.05) is 29.3 Å². The van der Waals surface area contributed by atoms with Crippen LogP contribution in [0.5, 0.6) is 0 Å². The van der Waals surface area contributed by atoms with Crippen molar-refractivity contribution in [2.24, 2.45) is 5.73 Å². The minimum Gasteiger partial charge on any atom is -0.368 e. The molecule has 0 saturated carbocycles. The lowest BCUT2D eigenvalue weighted by molar-refractivity contribution is -0.130. The zero-order valence-electron chi connectivity index (χ0n) is 15.5. The van der Waals surface area contributed by atoms with Gasteiger partial charge in [-0.1, -0.05) is 39.7 Å². The van der Waals surface area contributed by atoms with Gasteiger partial charge in [0.25, 0.3) is 0 Å². The van der Waals surface area contributed by atoms with E-state index in [1.54, 1.807) is 24.3 Å². The van der Waals surface area contributed by atoms with E-state index in [9.17, 15) is 18.8 Å². The van der Waals surface area contributed by atoms with Crippen molar-refractivity contribution in [1.29, 1.82) is 0 Å². The SMILES string of the molecule is CC(=O)N[C@H](Cc1cccc(F)c1)C(=O)N[C@H](Cc1cc(Cl)ccc1Br)C(N)=O. The molecule has 0 fully saturated rings. The normalized spacial score (nSPS) is 12.7. The predicted octanol–water partition coefficient (Wildman–Crippen LogP) is 2.50. The van der Waals surface area contributed by atoms with Gasteiger partial charge in [-0.2, -0.15) is 0 Å². The summed E-state index contributed by atoms with van der Waals surface area (Å²) in [6, 6.07) is 8.74. The van der Waals surface area contributed by atoms with Crippen molar-refractivity contribution >= 4 is 45.3 Å². The zero-order chi connectivity index (χ0) is 21.6. The Bertz CT molecular complexity index is 926. The molecule has 2 aromatic carbocycles. The Morgan fingerprint density at radius 3 is 2.45 bits per heavy atom. The van der Waals surface area contributed by atoms with E-state index in [1.807, 2.05) is 0 Å². The fourth-order valence-corrected chi connectivity index (χ4v) is 3.37. The first-order valence-electron chi connectivity index (χ1n) is 8.71. The minimum atomic E-state index is -1.03. The second-order valence-electron chi connectivity index (χ2n) is 6.49. The van der Waals surface area contributed by atoms with Gasteiger partial charge in [-0.3, -0.25) is 14.4 Å². The number of carbonyl (C=O) groups is 3. The average Bonchev–Trinajstić information content (AvgIpc) is 2.63. The maximum Gasteiger partial charge on any atom is 0.243 e. The molecule has 29 heavy (non-hydrogen) atoms. The van der Waals surface area contributed by atoms with Crippen LogP contribution in [0.3, 0.4) is 0 Å². The number of carbonyl (C=O) groups excluding carboxylic acids is 3. The minimum absolute atomic E-state index is 0.0511. The molecule has 2 atom stereocenters. The molecule has 154 valence electrons. The van der Waals surface area contributed by atoms with Gasteiger partial charge in [-0.15, -0.1) is 0 Å². The van der Waals surface area contributed by atoms with Crippen molar-refractivity contribution in [2.45, 2.75) is 31.8 Å². The predicted molar refractivity (Wildman–Crippen MR) is 112 cm³/mol. The van der Waals surface area contributed by atoms with Gasteiger partial charge in [0.2, 0.25) is 17.7 Å². The number of halogens is 3. The number of hydrogen-bond donors (Lipinski definition) is 3. The van der Waals surface area contributed by atoms with Crippen LogP contribution >= 0.6 is 27.5 Å². The molecule has 3 amide bonds. The van der Waals surface area contributed by atoms with Gasteiger partial charge in [0.05, 0.1) is 0 Å². The Labute approximate surface area is 181 Å². The topological polar surface area (TPSA) is 101 Å². The van der Waals surface area contributed by atoms with Gasteiger partial charge >= 0.3 is 0 Å². The maximum atomic E-state index is 13.4. The summed E-state index contributed by atoms with van der Waals surface area (Å²) in [6.07, 6.45) is 0.157. The van der Waals surface area contributed by atoms with Crippen LogP contribution in [0, 0.1) is 5.82 Å². The zero-order valence-corrected chi connectivity index (χ0v) is 17.9. The van der Waals surface area contributed by atoms with Crippen molar-refractivity contribution in [3.05, 3.63) is 68.9 Å². The molecule has 0 heterocycles. The molecule has 0 radical (unpaired) electrons. The van der Waals surface area contributed by atoms with E-state index in [4.69, 9.17) is 17.3 Å². The first kappa shape index (κ1) is 22.8. The Morgan fingerprint density at radius 1 is 1.10 bits per heavy atom. The van der Waals surface area contributed by atoms with Gasteiger partial charge in [-0.05, 0) is 41.5 Å². The number of benzene rings is 2. The molecular weight excluding hydrogens is 465 g/mol. The molecule has 0 saturated heterocycles. The van der Waals surface area contributed by atoms with Crippen LogP contribution in [0.4, 0.5) is 4.39 Å². The van der Waals surface area contributed by atoms with Crippen molar-refractivity contribution in [1.82, 2.24) is 10.6 Å². The highest BCUT2D eigenvalue weighted by atomic mass is 79.9. The lowest BCUT2D eigenvalue weighted by Crippen LogP contribution is -2.54. The molecule has 2 rings (SSSR count). The van der Waals surface area contributed by atoms with E-state index >= 15 is 0 Å². The van der Waals surface area contributed by atoms with Crippen molar-refractivity contribution in [2.75, 3.05) is 0 Å². The van der Waals surface area contributed by atoms with Crippen LogP contribution in [0.2, 0.25) is 5.02 Å². The summed E-state index contributed by atoms with van der Waals surface area (Å²) in [6.45, 7) is 1.26. The molecule has 0 aliphatic carbocycles. The molecule has 0 bridgehead atoms. The van der Waals surface area contributed by atoms with Crippen LogP contribution < -0.4 is 16.4 Å². The Morgan fingerprint density at radius 2 is 1.83 bits per heavy atom. The quantitative estimate of drug-likeness (QED) is 0.536. The lowest BCUT2D eigenvalue weighted by Gasteiger charge is -2.22. The molecule has 0 aliphatic rings. The van der Waals surface area contributed by atoms with Gasteiger partial charge in [-0.25, -0.2) is 4.39 Å². The van der Waals surface area contributed by atoms with Crippen LogP contribution in [-0.2, 0) is 27.2 Å². The monoisotopic (exact) mass is 483 g/mol. The summed E-state index contributed by atoms with van der Waals surface area (Å²) in [5.74, 6) is -2.23. The molecule has 0 aliphatic heterocycles. The van der Waals surface area contributed by atoms with Crippen molar-refractivity contribution in [3.63, 3.8) is 0 Å². The fraction of sp³-hybridized carbons (Fsp3) is 0.250. The van der Waals surface area contributed by atoms with Crippen molar-refractivity contribution < 1.29 is 18.8 Å². The smallest absolute Gasteiger partial charge is 0.243 e. The van der Waals surface area contributed by atoms with E-state index in [0.29, 0.717) is 20.6 Å². The summed E-state index contributed by atoms with van der Waals surface area (Å²) in [5.41, 5.74) is 6.66. The van der Waals surface area contributed by atoms with E-state index < -0.39 is 35.6 Å². The number of nitrogens with two attached hydrogens (primary N) is 1. The molecule has 2 aromatic rings. The second-order valence-corrected chi connectivity index (χ2v) is 7.78. The summed E-state index contributed by atoms with van der Waals surface area (Å²) >= 11 is 9.36. The molecule has 9 heteroatoms. The van der Waals surface area contributed by atoms with Crippen LogP contribution in [-0.4, -0.2) is 29.8 Å². The number of primary amides is 1. The largest absolute Gasteiger partial charge is 0.368 e. The number of rotatable bonds is 8. The van der Waals surface area contributed by atoms with Crippen LogP contribution in [0.25, 0.3) is 0 Å². The summed E-state index contributed by atoms with van der Waals surface area (Å²) in [5, 5.41) is 5.56. The molecule has 0 aromatic heterocycles. The molecular formula is C20H20BrClFN3O3. The van der Waals surface area contributed by atoms with Crippen LogP contribution in [0.15, 0.2) is 46.9 Å². The second kappa shape index (κ2) is 10.4. The summed E-state index contributed by atoms with van der Waals surface area (Å²) in [7, 11) is 0. The van der Waals surface area contributed by atoms with E-state index in [0.717, 1.165) is 0 Å². The third kappa shape index (κ3) is 7.14. The maximum absolute atomic E-state index is 13.4. The third-order valence-electron chi connectivity index (χ3n) is 4.11. The highest BCUT2D eigenvalue weighted by molar-refractivity contribution is 9.10. The highest BCUT2D eigenvalue weighted by Gasteiger charge is 2.26. The Hall–Kier alpha value is -2.45. The van der Waals surface area contributed by atoms with E-state index in [-0.39, 0.29) is 12.8 Å². The first-order valence-corrected chi connectivity index (χ1v) is 9.88. The summed E-state index contributed by atoms with van der Waals surface area (Å²) in [4.78, 5) is 36.2. The fourth-order valence-electron chi connectivity index (χ4n) is 2.77. The molecule has 0 unspecified atom stereocenters. The standard InChI is InChI=1S/C20H20BrClFN3O3/c1-11(27)25-18(8-12-3-2-4-15(23)7-12)20(29)26-17(19(24)28)10-13-9-14(22)5-6-16(13)21/h2-7,9,17-18H,8,10H2,1H3,(H2,24,28)(H,25,27)(H,26,29)/t17-,18-/m1/s1. The number of amides is 3. The van der Waals surface area contributed by atoms with Gasteiger partial charge in [0.1, 0.15) is 17.9 Å².